The van der Waals surface area contributed by atoms with Gasteiger partial charge in [0.15, 0.2) is 5.13 Å². The Hall–Kier alpha value is -2.38. The Balaban J connectivity index is 1.43. The third-order valence-corrected chi connectivity index (χ3v) is 4.95. The van der Waals surface area contributed by atoms with Gasteiger partial charge < -0.3 is 10.6 Å². The van der Waals surface area contributed by atoms with Gasteiger partial charge in [0.1, 0.15) is 0 Å². The van der Waals surface area contributed by atoms with Crippen LogP contribution in [0.1, 0.15) is 0 Å². The Bertz CT molecular complexity index is 816. The molecule has 7 heteroatoms. The van der Waals surface area contributed by atoms with Crippen LogP contribution >= 0.6 is 23.1 Å². The van der Waals surface area contributed by atoms with Gasteiger partial charge in [0.25, 0.3) is 0 Å². The number of carbonyl (C=O) groups excluding carboxylic acids is 2. The molecule has 0 unspecified atom stereocenters. The first-order chi connectivity index (χ1) is 11.7. The fourth-order valence-electron chi connectivity index (χ4n) is 2.04. The number of benzene rings is 2. The predicted molar refractivity (Wildman–Crippen MR) is 101 cm³/mol. The van der Waals surface area contributed by atoms with E-state index < -0.39 is 0 Å². The van der Waals surface area contributed by atoms with Crippen molar-refractivity contribution in [3.8, 4) is 0 Å². The highest BCUT2D eigenvalue weighted by atomic mass is 32.2. The number of nitrogens with zero attached hydrogens (tertiary/aromatic N) is 1. The minimum atomic E-state index is -0.161. The molecule has 5 nitrogen and oxygen atoms in total. The molecule has 3 aromatic rings. The Labute approximate surface area is 147 Å². The van der Waals surface area contributed by atoms with Crippen LogP contribution < -0.4 is 10.6 Å². The van der Waals surface area contributed by atoms with Gasteiger partial charge in [-0.3, -0.25) is 9.59 Å². The monoisotopic (exact) mass is 357 g/mol. The average Bonchev–Trinajstić information content (AvgIpc) is 2.97. The van der Waals surface area contributed by atoms with Gasteiger partial charge in [0.2, 0.25) is 11.8 Å². The summed E-state index contributed by atoms with van der Waals surface area (Å²) in [4.78, 5) is 28.1. The molecule has 0 aliphatic carbocycles. The van der Waals surface area contributed by atoms with E-state index in [-0.39, 0.29) is 23.3 Å². The van der Waals surface area contributed by atoms with E-state index in [1.807, 2.05) is 54.6 Å². The second-order valence-electron chi connectivity index (χ2n) is 4.94. The normalized spacial score (nSPS) is 10.5. The summed E-state index contributed by atoms with van der Waals surface area (Å²) in [7, 11) is 0. The van der Waals surface area contributed by atoms with Gasteiger partial charge in [-0.1, -0.05) is 41.7 Å². The van der Waals surface area contributed by atoms with Crippen LogP contribution in [0.3, 0.4) is 0 Å². The van der Waals surface area contributed by atoms with Crippen molar-refractivity contribution in [2.24, 2.45) is 0 Å². The van der Waals surface area contributed by atoms with Gasteiger partial charge in [-0.05, 0) is 24.3 Å². The molecule has 2 amide bonds. The minimum absolute atomic E-state index is 0.126. The molecular formula is C17H15N3O2S2. The van der Waals surface area contributed by atoms with Crippen LogP contribution in [0.4, 0.5) is 10.8 Å². The zero-order chi connectivity index (χ0) is 16.8. The number of aromatic nitrogens is 1. The molecule has 0 aliphatic rings. The van der Waals surface area contributed by atoms with E-state index >= 15 is 0 Å². The maximum absolute atomic E-state index is 11.9. The standard InChI is InChI=1S/C17H15N3O2S2/c21-15(18-12-6-2-1-3-7-12)10-23-11-16(22)20-17-19-13-8-4-5-9-14(13)24-17/h1-9H,10-11H2,(H,18,21)(H,19,20,22). The van der Waals surface area contributed by atoms with E-state index in [0.717, 1.165) is 15.9 Å². The number of hydrogen-bond acceptors (Lipinski definition) is 5. The first kappa shape index (κ1) is 16.5. The summed E-state index contributed by atoms with van der Waals surface area (Å²) in [6.07, 6.45) is 0. The second-order valence-corrected chi connectivity index (χ2v) is 6.96. The van der Waals surface area contributed by atoms with Crippen molar-refractivity contribution in [2.75, 3.05) is 22.1 Å². The molecule has 0 saturated carbocycles. The molecule has 0 saturated heterocycles. The van der Waals surface area contributed by atoms with Crippen LogP contribution in [0.2, 0.25) is 0 Å². The number of anilines is 2. The van der Waals surface area contributed by atoms with Crippen molar-refractivity contribution < 1.29 is 9.59 Å². The van der Waals surface area contributed by atoms with E-state index in [1.54, 1.807) is 0 Å². The fourth-order valence-corrected chi connectivity index (χ4v) is 3.54. The molecule has 24 heavy (non-hydrogen) atoms. The molecule has 3 rings (SSSR count). The number of para-hydroxylation sites is 2. The van der Waals surface area contributed by atoms with Crippen molar-refractivity contribution >= 4 is 55.9 Å². The lowest BCUT2D eigenvalue weighted by molar-refractivity contribution is -0.114. The Morgan fingerprint density at radius 3 is 2.33 bits per heavy atom. The fraction of sp³-hybridized carbons (Fsp3) is 0.118. The summed E-state index contributed by atoms with van der Waals surface area (Å²) >= 11 is 2.70. The molecule has 1 aromatic heterocycles. The molecule has 0 atom stereocenters. The van der Waals surface area contributed by atoms with E-state index in [2.05, 4.69) is 15.6 Å². The largest absolute Gasteiger partial charge is 0.325 e. The first-order valence-corrected chi connectivity index (χ1v) is 9.26. The van der Waals surface area contributed by atoms with E-state index in [4.69, 9.17) is 0 Å². The van der Waals surface area contributed by atoms with Crippen LogP contribution in [-0.4, -0.2) is 28.3 Å². The van der Waals surface area contributed by atoms with Crippen LogP contribution in [-0.2, 0) is 9.59 Å². The topological polar surface area (TPSA) is 71.1 Å². The van der Waals surface area contributed by atoms with Gasteiger partial charge in [0.05, 0.1) is 21.7 Å². The number of amides is 2. The number of thioether (sulfide) groups is 1. The van der Waals surface area contributed by atoms with Crippen LogP contribution in [0.5, 0.6) is 0 Å². The van der Waals surface area contributed by atoms with Crippen molar-refractivity contribution in [2.45, 2.75) is 0 Å². The second kappa shape index (κ2) is 7.94. The molecule has 0 aliphatic heterocycles. The molecule has 0 radical (unpaired) electrons. The van der Waals surface area contributed by atoms with Crippen molar-refractivity contribution in [1.82, 2.24) is 4.98 Å². The Morgan fingerprint density at radius 1 is 0.917 bits per heavy atom. The van der Waals surface area contributed by atoms with E-state index in [0.29, 0.717) is 5.13 Å². The van der Waals surface area contributed by atoms with Crippen LogP contribution in [0.25, 0.3) is 10.2 Å². The minimum Gasteiger partial charge on any atom is -0.325 e. The summed E-state index contributed by atoms with van der Waals surface area (Å²) in [5, 5.41) is 6.13. The summed E-state index contributed by atoms with van der Waals surface area (Å²) in [5.41, 5.74) is 1.62. The van der Waals surface area contributed by atoms with Gasteiger partial charge in [-0.25, -0.2) is 4.98 Å². The molecule has 0 fully saturated rings. The highest BCUT2D eigenvalue weighted by molar-refractivity contribution is 8.00. The average molecular weight is 357 g/mol. The van der Waals surface area contributed by atoms with Gasteiger partial charge in [-0.15, -0.1) is 11.8 Å². The predicted octanol–water partition coefficient (Wildman–Crippen LogP) is 3.61. The van der Waals surface area contributed by atoms with Crippen molar-refractivity contribution in [3.63, 3.8) is 0 Å². The quantitative estimate of drug-likeness (QED) is 0.707. The lowest BCUT2D eigenvalue weighted by Gasteiger charge is -2.04. The summed E-state index contributed by atoms with van der Waals surface area (Å²) < 4.78 is 1.03. The molecule has 0 bridgehead atoms. The molecule has 122 valence electrons. The highest BCUT2D eigenvalue weighted by Crippen LogP contribution is 2.25. The van der Waals surface area contributed by atoms with Crippen molar-refractivity contribution in [3.05, 3.63) is 54.6 Å². The zero-order valence-electron chi connectivity index (χ0n) is 12.7. The molecule has 1 heterocycles. The lowest BCUT2D eigenvalue weighted by atomic mass is 10.3. The number of fused-ring (bicyclic) bond motifs is 1. The van der Waals surface area contributed by atoms with Crippen LogP contribution in [0.15, 0.2) is 54.6 Å². The Kier molecular flexibility index (Phi) is 5.45. The summed E-state index contributed by atoms with van der Waals surface area (Å²) in [6.45, 7) is 0. The lowest BCUT2D eigenvalue weighted by Crippen LogP contribution is -2.18. The Morgan fingerprint density at radius 2 is 1.58 bits per heavy atom. The first-order valence-electron chi connectivity index (χ1n) is 7.29. The molecule has 2 aromatic carbocycles. The third kappa shape index (κ3) is 4.56. The smallest absolute Gasteiger partial charge is 0.236 e. The maximum Gasteiger partial charge on any atom is 0.236 e. The number of carbonyl (C=O) groups is 2. The summed E-state index contributed by atoms with van der Waals surface area (Å²) in [6, 6.07) is 17.0. The van der Waals surface area contributed by atoms with Gasteiger partial charge >= 0.3 is 0 Å². The number of hydrogen-bond donors (Lipinski definition) is 2. The van der Waals surface area contributed by atoms with Gasteiger partial charge in [-0.2, -0.15) is 0 Å². The maximum atomic E-state index is 11.9. The zero-order valence-corrected chi connectivity index (χ0v) is 14.3. The summed E-state index contributed by atoms with van der Waals surface area (Å²) in [5.74, 6) is 0.144. The van der Waals surface area contributed by atoms with E-state index in [1.165, 1.54) is 23.1 Å². The van der Waals surface area contributed by atoms with Crippen LogP contribution in [0, 0.1) is 0 Å². The molecule has 2 N–H and O–H groups in total. The van der Waals surface area contributed by atoms with Gasteiger partial charge in [0, 0.05) is 5.69 Å². The van der Waals surface area contributed by atoms with Crippen molar-refractivity contribution in [1.29, 1.82) is 0 Å². The SMILES string of the molecule is O=C(CSCC(=O)Nc1nc2ccccc2s1)Nc1ccccc1. The number of rotatable bonds is 6. The third-order valence-electron chi connectivity index (χ3n) is 3.06. The highest BCUT2D eigenvalue weighted by Gasteiger charge is 2.09. The number of thiazole rings is 1. The molecule has 0 spiro atoms. The molecular weight excluding hydrogens is 342 g/mol. The number of nitrogens with one attached hydrogen (secondary N) is 2. The van der Waals surface area contributed by atoms with E-state index in [9.17, 15) is 9.59 Å².